The average Bonchev–Trinajstić information content (AvgIpc) is 2.79. The number of hydrogen-bond donors (Lipinski definition) is 1. The molecule has 0 spiro atoms. The van der Waals surface area contributed by atoms with E-state index in [1.54, 1.807) is 14.2 Å². The lowest BCUT2D eigenvalue weighted by Crippen LogP contribution is -1.94. The van der Waals surface area contributed by atoms with Gasteiger partial charge >= 0.3 is 0 Å². The Bertz CT molecular complexity index is 560. The zero-order valence-electron chi connectivity index (χ0n) is 12.8. The molecule has 0 fully saturated rings. The minimum atomic E-state index is 0.675. The Kier molecular flexibility index (Phi) is 6.07. The number of imidazole rings is 1. The number of rotatable bonds is 3. The maximum Gasteiger partial charge on any atom is 0.171 e. The summed E-state index contributed by atoms with van der Waals surface area (Å²) in [5.41, 5.74) is 2.90. The fourth-order valence-corrected chi connectivity index (χ4v) is 2.22. The van der Waals surface area contributed by atoms with Gasteiger partial charge in [0.25, 0.3) is 0 Å². The lowest BCUT2D eigenvalue weighted by atomic mass is 10.1. The highest BCUT2D eigenvalue weighted by Gasteiger charge is 2.16. The van der Waals surface area contributed by atoms with Crippen molar-refractivity contribution in [2.24, 2.45) is 0 Å². The van der Waals surface area contributed by atoms with E-state index in [0.717, 1.165) is 27.2 Å². The van der Waals surface area contributed by atoms with Gasteiger partial charge in [0.15, 0.2) is 11.5 Å². The first-order valence-corrected chi connectivity index (χ1v) is 7.31. The smallest absolute Gasteiger partial charge is 0.171 e. The molecule has 4 nitrogen and oxygen atoms in total. The van der Waals surface area contributed by atoms with Crippen molar-refractivity contribution in [3.05, 3.63) is 28.0 Å². The van der Waals surface area contributed by atoms with E-state index in [2.05, 4.69) is 25.9 Å². The number of hydrogen-bond acceptors (Lipinski definition) is 3. The van der Waals surface area contributed by atoms with Crippen molar-refractivity contribution in [2.75, 3.05) is 14.2 Å². The molecule has 5 heteroatoms. The van der Waals surface area contributed by atoms with E-state index >= 15 is 0 Å². The van der Waals surface area contributed by atoms with E-state index in [1.807, 2.05) is 39.8 Å². The Morgan fingerprint density at radius 2 is 1.75 bits per heavy atom. The third kappa shape index (κ3) is 3.33. The number of aromatic nitrogens is 2. The van der Waals surface area contributed by atoms with Gasteiger partial charge in [-0.3, -0.25) is 0 Å². The summed E-state index contributed by atoms with van der Waals surface area (Å²) in [6.45, 7) is 7.96. The predicted molar refractivity (Wildman–Crippen MR) is 85.6 cm³/mol. The molecule has 1 aromatic carbocycles. The van der Waals surface area contributed by atoms with Gasteiger partial charge in [-0.2, -0.15) is 0 Å². The Balaban J connectivity index is 0.000000956. The maximum atomic E-state index is 5.42. The van der Waals surface area contributed by atoms with Crippen molar-refractivity contribution < 1.29 is 9.47 Å². The van der Waals surface area contributed by atoms with Crippen LogP contribution in [0.25, 0.3) is 11.4 Å². The van der Waals surface area contributed by atoms with Gasteiger partial charge in [0.1, 0.15) is 5.82 Å². The van der Waals surface area contributed by atoms with Crippen LogP contribution in [-0.4, -0.2) is 24.2 Å². The van der Waals surface area contributed by atoms with Crippen LogP contribution in [0.4, 0.5) is 0 Å². The summed E-state index contributed by atoms with van der Waals surface area (Å²) in [5.74, 6) is 2.13. The number of benzene rings is 1. The van der Waals surface area contributed by atoms with Gasteiger partial charge in [-0.15, -0.1) is 0 Å². The van der Waals surface area contributed by atoms with E-state index in [-0.39, 0.29) is 0 Å². The largest absolute Gasteiger partial charge is 0.493 e. The number of halogens is 1. The van der Waals surface area contributed by atoms with Crippen molar-refractivity contribution in [2.45, 2.75) is 27.7 Å². The molecule has 1 aromatic heterocycles. The second-order valence-corrected chi connectivity index (χ2v) is 4.90. The van der Waals surface area contributed by atoms with Crippen LogP contribution < -0.4 is 9.47 Å². The molecule has 0 amide bonds. The summed E-state index contributed by atoms with van der Waals surface area (Å²) in [6, 6.07) is 3.82. The summed E-state index contributed by atoms with van der Waals surface area (Å²) < 4.78 is 11.7. The van der Waals surface area contributed by atoms with E-state index < -0.39 is 0 Å². The number of nitrogens with zero attached hydrogens (tertiary/aromatic N) is 1. The van der Waals surface area contributed by atoms with Crippen LogP contribution in [0.1, 0.15) is 25.2 Å². The van der Waals surface area contributed by atoms with Crippen molar-refractivity contribution in [1.82, 2.24) is 9.97 Å². The molecule has 110 valence electrons. The molecular weight excluding hydrogens is 320 g/mol. The van der Waals surface area contributed by atoms with Gasteiger partial charge in [-0.1, -0.05) is 29.8 Å². The van der Waals surface area contributed by atoms with Crippen LogP contribution in [0.5, 0.6) is 11.5 Å². The molecule has 20 heavy (non-hydrogen) atoms. The topological polar surface area (TPSA) is 47.1 Å². The molecule has 0 unspecified atom stereocenters. The molecule has 2 rings (SSSR count). The first-order chi connectivity index (χ1) is 9.56. The molecule has 0 atom stereocenters. The van der Waals surface area contributed by atoms with Crippen molar-refractivity contribution in [3.8, 4) is 22.9 Å². The monoisotopic (exact) mass is 340 g/mol. The Morgan fingerprint density at radius 3 is 2.20 bits per heavy atom. The van der Waals surface area contributed by atoms with E-state index in [9.17, 15) is 0 Å². The second kappa shape index (κ2) is 7.33. The van der Waals surface area contributed by atoms with E-state index in [4.69, 9.17) is 9.47 Å². The highest BCUT2D eigenvalue weighted by molar-refractivity contribution is 9.10. The van der Waals surface area contributed by atoms with Crippen LogP contribution >= 0.6 is 15.9 Å². The van der Waals surface area contributed by atoms with E-state index in [0.29, 0.717) is 11.5 Å². The molecule has 0 saturated heterocycles. The minimum Gasteiger partial charge on any atom is -0.493 e. The number of ether oxygens (including phenoxy) is 2. The SMILES string of the molecule is CC.COc1cc(Br)cc(-c2nc(C)c(C)[nH]2)c1OC. The number of H-pyrrole nitrogens is 1. The van der Waals surface area contributed by atoms with Gasteiger partial charge in [0, 0.05) is 10.2 Å². The average molecular weight is 341 g/mol. The highest BCUT2D eigenvalue weighted by Crippen LogP contribution is 2.39. The van der Waals surface area contributed by atoms with Crippen LogP contribution in [0.2, 0.25) is 0 Å². The molecule has 0 saturated carbocycles. The molecule has 1 N–H and O–H groups in total. The lowest BCUT2D eigenvalue weighted by Gasteiger charge is -2.12. The lowest BCUT2D eigenvalue weighted by molar-refractivity contribution is 0.355. The van der Waals surface area contributed by atoms with Gasteiger partial charge in [0.05, 0.1) is 25.5 Å². The minimum absolute atomic E-state index is 0.675. The third-order valence-electron chi connectivity index (χ3n) is 2.83. The zero-order valence-corrected chi connectivity index (χ0v) is 14.4. The van der Waals surface area contributed by atoms with E-state index in [1.165, 1.54) is 0 Å². The molecule has 0 bridgehead atoms. The third-order valence-corrected chi connectivity index (χ3v) is 3.28. The number of aryl methyl sites for hydroxylation is 2. The van der Waals surface area contributed by atoms with Crippen molar-refractivity contribution >= 4 is 15.9 Å². The molecule has 0 aliphatic heterocycles. The van der Waals surface area contributed by atoms with Gasteiger partial charge < -0.3 is 14.5 Å². The first-order valence-electron chi connectivity index (χ1n) is 6.52. The van der Waals surface area contributed by atoms with Crippen LogP contribution in [0.15, 0.2) is 16.6 Å². The maximum absolute atomic E-state index is 5.42. The van der Waals surface area contributed by atoms with Crippen molar-refractivity contribution in [3.63, 3.8) is 0 Å². The van der Waals surface area contributed by atoms with Crippen LogP contribution in [0.3, 0.4) is 0 Å². The van der Waals surface area contributed by atoms with Gasteiger partial charge in [-0.05, 0) is 26.0 Å². The number of aromatic amines is 1. The van der Waals surface area contributed by atoms with Crippen LogP contribution in [-0.2, 0) is 0 Å². The highest BCUT2D eigenvalue weighted by atomic mass is 79.9. The quantitative estimate of drug-likeness (QED) is 0.894. The summed E-state index contributed by atoms with van der Waals surface area (Å²) in [4.78, 5) is 7.74. The number of methoxy groups -OCH3 is 2. The zero-order chi connectivity index (χ0) is 15.3. The van der Waals surface area contributed by atoms with Gasteiger partial charge in [-0.25, -0.2) is 4.98 Å². The molecule has 0 radical (unpaired) electrons. The molecule has 1 heterocycles. The van der Waals surface area contributed by atoms with Crippen LogP contribution in [0, 0.1) is 13.8 Å². The normalized spacial score (nSPS) is 9.75. The second-order valence-electron chi connectivity index (χ2n) is 3.98. The summed E-state index contributed by atoms with van der Waals surface area (Å²) >= 11 is 3.46. The standard InChI is InChI=1S/C13H15BrN2O2.C2H6/c1-7-8(2)16-13(15-7)10-5-9(14)6-11(17-3)12(10)18-4;1-2/h5-6H,1-4H3,(H,15,16);1-2H3. The fraction of sp³-hybridized carbons (Fsp3) is 0.400. The fourth-order valence-electron chi connectivity index (χ4n) is 1.78. The summed E-state index contributed by atoms with van der Waals surface area (Å²) in [6.07, 6.45) is 0. The molecule has 0 aliphatic carbocycles. The Hall–Kier alpha value is -1.49. The van der Waals surface area contributed by atoms with Crippen molar-refractivity contribution in [1.29, 1.82) is 0 Å². The molecule has 2 aromatic rings. The summed E-state index contributed by atoms with van der Waals surface area (Å²) in [5, 5.41) is 0. The Morgan fingerprint density at radius 1 is 1.10 bits per heavy atom. The molecular formula is C15H21BrN2O2. The first kappa shape index (κ1) is 16.6. The molecule has 0 aliphatic rings. The summed E-state index contributed by atoms with van der Waals surface area (Å²) in [7, 11) is 3.24. The Labute approximate surface area is 128 Å². The van der Waals surface area contributed by atoms with Gasteiger partial charge in [0.2, 0.25) is 0 Å². The number of nitrogens with one attached hydrogen (secondary N) is 1. The predicted octanol–water partition coefficient (Wildman–Crippen LogP) is 4.50.